The number of thiazole rings is 1. The Bertz CT molecular complexity index is 988. The second kappa shape index (κ2) is 6.70. The highest BCUT2D eigenvalue weighted by Gasteiger charge is 2.25. The van der Waals surface area contributed by atoms with Gasteiger partial charge in [0.15, 0.2) is 16.5 Å². The standard InChI is InChI=1S/C18H20N8S/c19-13-14-16(22-18-26(14)11-12-27-18)24-7-9-25(10-8-24)17-20-4-3-15(21-17)23-5-1-2-6-23/h3-4,11-12H,1-2,5-10H2. The molecule has 0 amide bonds. The van der Waals surface area contributed by atoms with Crippen molar-refractivity contribution in [3.63, 3.8) is 0 Å². The van der Waals surface area contributed by atoms with Crippen LogP contribution in [-0.2, 0) is 0 Å². The van der Waals surface area contributed by atoms with Crippen LogP contribution >= 0.6 is 11.3 Å². The Morgan fingerprint density at radius 2 is 1.74 bits per heavy atom. The van der Waals surface area contributed by atoms with E-state index in [1.165, 1.54) is 12.8 Å². The minimum absolute atomic E-state index is 0.618. The molecule has 0 unspecified atom stereocenters. The normalized spacial score (nSPS) is 17.7. The average Bonchev–Trinajstić information content (AvgIpc) is 3.45. The molecule has 0 spiro atoms. The summed E-state index contributed by atoms with van der Waals surface area (Å²) in [6.07, 6.45) is 6.24. The van der Waals surface area contributed by atoms with E-state index in [-0.39, 0.29) is 0 Å². The summed E-state index contributed by atoms with van der Waals surface area (Å²) in [6, 6.07) is 4.31. The molecule has 0 atom stereocenters. The van der Waals surface area contributed by atoms with E-state index in [2.05, 4.69) is 30.7 Å². The van der Waals surface area contributed by atoms with Gasteiger partial charge >= 0.3 is 0 Å². The molecule has 2 saturated heterocycles. The Kier molecular flexibility index (Phi) is 4.05. The number of hydrogen-bond acceptors (Lipinski definition) is 8. The molecule has 2 aliphatic heterocycles. The number of fused-ring (bicyclic) bond motifs is 1. The van der Waals surface area contributed by atoms with Crippen LogP contribution < -0.4 is 14.7 Å². The first kappa shape index (κ1) is 16.3. The zero-order valence-corrected chi connectivity index (χ0v) is 15.8. The summed E-state index contributed by atoms with van der Waals surface area (Å²) in [4.78, 5) is 21.6. The minimum Gasteiger partial charge on any atom is -0.356 e. The highest BCUT2D eigenvalue weighted by molar-refractivity contribution is 7.15. The number of anilines is 3. The topological polar surface area (TPSA) is 76.6 Å². The third-order valence-corrected chi connectivity index (χ3v) is 6.03. The number of nitriles is 1. The summed E-state index contributed by atoms with van der Waals surface area (Å²) in [6.45, 7) is 5.41. The quantitative estimate of drug-likeness (QED) is 0.688. The number of aromatic nitrogens is 4. The SMILES string of the molecule is N#Cc1c(N2CCN(c3nccc(N4CCCC4)n3)CC2)nc2sccn12. The van der Waals surface area contributed by atoms with E-state index in [9.17, 15) is 5.26 Å². The van der Waals surface area contributed by atoms with Crippen molar-refractivity contribution in [2.24, 2.45) is 0 Å². The lowest BCUT2D eigenvalue weighted by atomic mass is 10.3. The van der Waals surface area contributed by atoms with E-state index in [1.807, 2.05) is 28.2 Å². The van der Waals surface area contributed by atoms with Gasteiger partial charge in [0.1, 0.15) is 11.9 Å². The molecule has 0 aromatic carbocycles. The van der Waals surface area contributed by atoms with E-state index in [0.29, 0.717) is 5.69 Å². The summed E-state index contributed by atoms with van der Waals surface area (Å²) in [7, 11) is 0. The van der Waals surface area contributed by atoms with Gasteiger partial charge in [0, 0.05) is 57.0 Å². The van der Waals surface area contributed by atoms with Crippen LogP contribution in [0.3, 0.4) is 0 Å². The first-order valence-electron chi connectivity index (χ1n) is 9.27. The van der Waals surface area contributed by atoms with Gasteiger partial charge in [-0.2, -0.15) is 15.2 Å². The fraction of sp³-hybridized carbons (Fsp3) is 0.444. The molecule has 2 aliphatic rings. The van der Waals surface area contributed by atoms with Gasteiger partial charge in [0.2, 0.25) is 5.95 Å². The van der Waals surface area contributed by atoms with Gasteiger partial charge in [0.25, 0.3) is 0 Å². The molecular formula is C18H20N8S. The number of piperazine rings is 1. The maximum atomic E-state index is 9.55. The van der Waals surface area contributed by atoms with Crippen molar-refractivity contribution in [3.05, 3.63) is 29.5 Å². The molecule has 0 N–H and O–H groups in total. The molecule has 9 heteroatoms. The maximum Gasteiger partial charge on any atom is 0.227 e. The molecule has 8 nitrogen and oxygen atoms in total. The van der Waals surface area contributed by atoms with E-state index < -0.39 is 0 Å². The van der Waals surface area contributed by atoms with Crippen molar-refractivity contribution in [1.82, 2.24) is 19.4 Å². The summed E-state index contributed by atoms with van der Waals surface area (Å²) in [5.74, 6) is 2.61. The molecule has 0 saturated carbocycles. The van der Waals surface area contributed by atoms with Crippen LogP contribution in [0.1, 0.15) is 18.5 Å². The van der Waals surface area contributed by atoms with Gasteiger partial charge in [-0.1, -0.05) is 0 Å². The summed E-state index contributed by atoms with van der Waals surface area (Å²) < 4.78 is 1.87. The molecule has 0 radical (unpaired) electrons. The highest BCUT2D eigenvalue weighted by Crippen LogP contribution is 2.26. The van der Waals surface area contributed by atoms with Gasteiger partial charge < -0.3 is 14.7 Å². The van der Waals surface area contributed by atoms with Crippen molar-refractivity contribution < 1.29 is 0 Å². The van der Waals surface area contributed by atoms with Gasteiger partial charge in [0.05, 0.1) is 0 Å². The Morgan fingerprint density at radius 3 is 2.52 bits per heavy atom. The van der Waals surface area contributed by atoms with E-state index >= 15 is 0 Å². The fourth-order valence-corrected chi connectivity index (χ4v) is 4.54. The molecule has 2 fully saturated rings. The van der Waals surface area contributed by atoms with Gasteiger partial charge in [-0.3, -0.25) is 4.40 Å². The van der Waals surface area contributed by atoms with Crippen LogP contribution in [0.5, 0.6) is 0 Å². The largest absolute Gasteiger partial charge is 0.356 e. The minimum atomic E-state index is 0.618. The zero-order valence-electron chi connectivity index (χ0n) is 15.0. The van der Waals surface area contributed by atoms with Gasteiger partial charge in [-0.25, -0.2) is 4.98 Å². The van der Waals surface area contributed by atoms with E-state index in [1.54, 1.807) is 11.3 Å². The predicted molar refractivity (Wildman–Crippen MR) is 106 cm³/mol. The molecule has 0 bridgehead atoms. The zero-order chi connectivity index (χ0) is 18.2. The first-order valence-corrected chi connectivity index (χ1v) is 10.1. The second-order valence-electron chi connectivity index (χ2n) is 6.83. The molecule has 3 aromatic heterocycles. The highest BCUT2D eigenvalue weighted by atomic mass is 32.1. The Balaban J connectivity index is 1.32. The van der Waals surface area contributed by atoms with Crippen molar-refractivity contribution in [3.8, 4) is 6.07 Å². The predicted octanol–water partition coefficient (Wildman–Crippen LogP) is 1.98. The number of imidazole rings is 1. The van der Waals surface area contributed by atoms with Crippen LogP contribution in [0.15, 0.2) is 23.8 Å². The van der Waals surface area contributed by atoms with Crippen LogP contribution in [0.25, 0.3) is 4.96 Å². The van der Waals surface area contributed by atoms with Crippen molar-refractivity contribution >= 4 is 33.9 Å². The van der Waals surface area contributed by atoms with Crippen LogP contribution in [0, 0.1) is 11.3 Å². The number of rotatable bonds is 3. The van der Waals surface area contributed by atoms with E-state index in [0.717, 1.165) is 61.8 Å². The smallest absolute Gasteiger partial charge is 0.227 e. The van der Waals surface area contributed by atoms with Crippen LogP contribution in [0.2, 0.25) is 0 Å². The molecule has 3 aromatic rings. The summed E-state index contributed by atoms with van der Waals surface area (Å²) in [5, 5.41) is 11.5. The lowest BCUT2D eigenvalue weighted by Crippen LogP contribution is -2.47. The van der Waals surface area contributed by atoms with Gasteiger partial charge in [-0.15, -0.1) is 11.3 Å². The van der Waals surface area contributed by atoms with Crippen LogP contribution in [0.4, 0.5) is 17.6 Å². The van der Waals surface area contributed by atoms with Gasteiger partial charge in [-0.05, 0) is 18.9 Å². The molecule has 27 heavy (non-hydrogen) atoms. The number of nitrogens with zero attached hydrogens (tertiary/aromatic N) is 8. The third-order valence-electron chi connectivity index (χ3n) is 5.27. The van der Waals surface area contributed by atoms with Crippen molar-refractivity contribution in [2.75, 3.05) is 54.0 Å². The second-order valence-corrected chi connectivity index (χ2v) is 7.71. The van der Waals surface area contributed by atoms with Crippen molar-refractivity contribution in [2.45, 2.75) is 12.8 Å². The summed E-state index contributed by atoms with van der Waals surface area (Å²) >= 11 is 1.55. The molecule has 5 heterocycles. The third kappa shape index (κ3) is 2.86. The monoisotopic (exact) mass is 380 g/mol. The lowest BCUT2D eigenvalue weighted by Gasteiger charge is -2.35. The molecular weight excluding hydrogens is 360 g/mol. The Labute approximate surface area is 161 Å². The molecule has 0 aliphatic carbocycles. The fourth-order valence-electron chi connectivity index (χ4n) is 3.83. The average molecular weight is 380 g/mol. The molecule has 138 valence electrons. The van der Waals surface area contributed by atoms with E-state index in [4.69, 9.17) is 4.98 Å². The molecule has 5 rings (SSSR count). The number of hydrogen-bond donors (Lipinski definition) is 0. The Morgan fingerprint density at radius 1 is 0.963 bits per heavy atom. The van der Waals surface area contributed by atoms with Crippen molar-refractivity contribution in [1.29, 1.82) is 5.26 Å². The van der Waals surface area contributed by atoms with Crippen LogP contribution in [-0.4, -0.2) is 58.6 Å². The first-order chi connectivity index (χ1) is 13.3. The maximum absolute atomic E-state index is 9.55. The summed E-state index contributed by atoms with van der Waals surface area (Å²) in [5.41, 5.74) is 0.618. The lowest BCUT2D eigenvalue weighted by molar-refractivity contribution is 0.635. The Hall–Kier alpha value is -2.86.